The Bertz CT molecular complexity index is 354. The quantitative estimate of drug-likeness (QED) is 0.772. The van der Waals surface area contributed by atoms with Gasteiger partial charge in [0.25, 0.3) is 0 Å². The standard InChI is InChI=1S/C14H21NO/c1-11(2)13-7-6-12(10-14(13)16-3)15-8-4-5-9-15/h6-7,10-11H,4-5,8-9H2,1-3H3. The molecule has 1 aromatic rings. The van der Waals surface area contributed by atoms with Crippen LogP contribution in [-0.4, -0.2) is 20.2 Å². The molecule has 0 amide bonds. The van der Waals surface area contributed by atoms with Crippen molar-refractivity contribution in [1.29, 1.82) is 0 Å². The van der Waals surface area contributed by atoms with E-state index >= 15 is 0 Å². The van der Waals surface area contributed by atoms with Gasteiger partial charge in [-0.1, -0.05) is 19.9 Å². The highest BCUT2D eigenvalue weighted by molar-refractivity contribution is 5.55. The van der Waals surface area contributed by atoms with Crippen LogP contribution in [0.5, 0.6) is 5.75 Å². The number of methoxy groups -OCH3 is 1. The van der Waals surface area contributed by atoms with Gasteiger partial charge in [0, 0.05) is 24.8 Å². The van der Waals surface area contributed by atoms with Gasteiger partial charge in [0.2, 0.25) is 0 Å². The summed E-state index contributed by atoms with van der Waals surface area (Å²) in [4.78, 5) is 2.44. The number of hydrogen-bond acceptors (Lipinski definition) is 2. The van der Waals surface area contributed by atoms with Crippen LogP contribution in [0.25, 0.3) is 0 Å². The summed E-state index contributed by atoms with van der Waals surface area (Å²) < 4.78 is 5.48. The van der Waals surface area contributed by atoms with Gasteiger partial charge in [-0.3, -0.25) is 0 Å². The van der Waals surface area contributed by atoms with E-state index in [0.29, 0.717) is 5.92 Å². The van der Waals surface area contributed by atoms with Gasteiger partial charge in [0.15, 0.2) is 0 Å². The molecule has 2 nitrogen and oxygen atoms in total. The van der Waals surface area contributed by atoms with Crippen LogP contribution >= 0.6 is 0 Å². The number of hydrogen-bond donors (Lipinski definition) is 0. The molecule has 0 spiro atoms. The lowest BCUT2D eigenvalue weighted by Crippen LogP contribution is -2.17. The van der Waals surface area contributed by atoms with Gasteiger partial charge in [-0.2, -0.15) is 0 Å². The first-order valence-electron chi connectivity index (χ1n) is 6.15. The summed E-state index contributed by atoms with van der Waals surface area (Å²) >= 11 is 0. The second-order valence-electron chi connectivity index (χ2n) is 4.78. The maximum Gasteiger partial charge on any atom is 0.124 e. The van der Waals surface area contributed by atoms with Crippen LogP contribution in [0.3, 0.4) is 0 Å². The van der Waals surface area contributed by atoms with Crippen molar-refractivity contribution in [2.75, 3.05) is 25.1 Å². The molecule has 0 radical (unpaired) electrons. The van der Waals surface area contributed by atoms with Crippen LogP contribution in [0.15, 0.2) is 18.2 Å². The molecule has 0 saturated carbocycles. The highest BCUT2D eigenvalue weighted by Gasteiger charge is 2.15. The van der Waals surface area contributed by atoms with Crippen molar-refractivity contribution in [3.63, 3.8) is 0 Å². The Morgan fingerprint density at radius 2 is 1.88 bits per heavy atom. The SMILES string of the molecule is COc1cc(N2CCCC2)ccc1C(C)C. The summed E-state index contributed by atoms with van der Waals surface area (Å²) in [6.45, 7) is 6.77. The summed E-state index contributed by atoms with van der Waals surface area (Å²) in [5.41, 5.74) is 2.60. The Balaban J connectivity index is 2.28. The summed E-state index contributed by atoms with van der Waals surface area (Å²) in [7, 11) is 1.76. The zero-order valence-corrected chi connectivity index (χ0v) is 10.5. The van der Waals surface area contributed by atoms with Crippen molar-refractivity contribution in [3.8, 4) is 5.75 Å². The normalized spacial score (nSPS) is 15.9. The maximum atomic E-state index is 5.48. The summed E-state index contributed by atoms with van der Waals surface area (Å²) in [5, 5.41) is 0. The maximum absolute atomic E-state index is 5.48. The summed E-state index contributed by atoms with van der Waals surface area (Å²) in [6, 6.07) is 6.61. The Kier molecular flexibility index (Phi) is 3.37. The number of ether oxygens (including phenoxy) is 1. The molecule has 2 rings (SSSR count). The largest absolute Gasteiger partial charge is 0.496 e. The monoisotopic (exact) mass is 219 g/mol. The Labute approximate surface area is 98.2 Å². The minimum absolute atomic E-state index is 0.516. The first-order chi connectivity index (χ1) is 7.72. The van der Waals surface area contributed by atoms with E-state index in [4.69, 9.17) is 4.74 Å². The third kappa shape index (κ3) is 2.16. The fourth-order valence-corrected chi connectivity index (χ4v) is 2.35. The van der Waals surface area contributed by atoms with Crippen LogP contribution in [0.1, 0.15) is 38.2 Å². The Morgan fingerprint density at radius 3 is 2.44 bits per heavy atom. The van der Waals surface area contributed by atoms with E-state index in [1.54, 1.807) is 7.11 Å². The second kappa shape index (κ2) is 4.77. The zero-order valence-electron chi connectivity index (χ0n) is 10.5. The number of anilines is 1. The highest BCUT2D eigenvalue weighted by atomic mass is 16.5. The molecule has 88 valence electrons. The molecule has 16 heavy (non-hydrogen) atoms. The minimum Gasteiger partial charge on any atom is -0.496 e. The lowest BCUT2D eigenvalue weighted by molar-refractivity contribution is 0.407. The number of rotatable bonds is 3. The average Bonchev–Trinajstić information content (AvgIpc) is 2.81. The third-order valence-corrected chi connectivity index (χ3v) is 3.31. The van der Waals surface area contributed by atoms with Crippen molar-refractivity contribution >= 4 is 5.69 Å². The topological polar surface area (TPSA) is 12.5 Å². The highest BCUT2D eigenvalue weighted by Crippen LogP contribution is 2.31. The molecule has 1 fully saturated rings. The van der Waals surface area contributed by atoms with E-state index in [0.717, 1.165) is 5.75 Å². The molecular formula is C14H21NO. The average molecular weight is 219 g/mol. The van der Waals surface area contributed by atoms with Gasteiger partial charge in [-0.05, 0) is 30.4 Å². The van der Waals surface area contributed by atoms with E-state index in [1.165, 1.54) is 37.2 Å². The molecule has 1 aromatic carbocycles. The van der Waals surface area contributed by atoms with E-state index in [2.05, 4.69) is 36.9 Å². The van der Waals surface area contributed by atoms with Crippen LogP contribution in [0, 0.1) is 0 Å². The number of benzene rings is 1. The lowest BCUT2D eigenvalue weighted by atomic mass is 10.0. The first kappa shape index (κ1) is 11.3. The van der Waals surface area contributed by atoms with Crippen molar-refractivity contribution in [2.45, 2.75) is 32.6 Å². The molecule has 1 saturated heterocycles. The third-order valence-electron chi connectivity index (χ3n) is 3.31. The van der Waals surface area contributed by atoms with Crippen LogP contribution in [0.2, 0.25) is 0 Å². The first-order valence-corrected chi connectivity index (χ1v) is 6.15. The van der Waals surface area contributed by atoms with Crippen molar-refractivity contribution in [3.05, 3.63) is 23.8 Å². The van der Waals surface area contributed by atoms with Gasteiger partial charge in [-0.15, -0.1) is 0 Å². The van der Waals surface area contributed by atoms with E-state index < -0.39 is 0 Å². The fraction of sp³-hybridized carbons (Fsp3) is 0.571. The lowest BCUT2D eigenvalue weighted by Gasteiger charge is -2.20. The zero-order chi connectivity index (χ0) is 11.5. The number of nitrogens with zero attached hydrogens (tertiary/aromatic N) is 1. The predicted octanol–water partition coefficient (Wildman–Crippen LogP) is 3.42. The van der Waals surface area contributed by atoms with Gasteiger partial charge in [0.05, 0.1) is 7.11 Å². The van der Waals surface area contributed by atoms with Crippen LogP contribution in [0.4, 0.5) is 5.69 Å². The molecular weight excluding hydrogens is 198 g/mol. The molecule has 1 aliphatic heterocycles. The van der Waals surface area contributed by atoms with E-state index in [-0.39, 0.29) is 0 Å². The molecule has 0 bridgehead atoms. The molecule has 1 heterocycles. The molecule has 0 N–H and O–H groups in total. The second-order valence-corrected chi connectivity index (χ2v) is 4.78. The molecule has 0 atom stereocenters. The van der Waals surface area contributed by atoms with Gasteiger partial charge >= 0.3 is 0 Å². The van der Waals surface area contributed by atoms with Gasteiger partial charge in [-0.25, -0.2) is 0 Å². The van der Waals surface area contributed by atoms with Crippen molar-refractivity contribution < 1.29 is 4.74 Å². The molecule has 2 heteroatoms. The Hall–Kier alpha value is -1.18. The Morgan fingerprint density at radius 1 is 1.19 bits per heavy atom. The van der Waals surface area contributed by atoms with Crippen molar-refractivity contribution in [1.82, 2.24) is 0 Å². The van der Waals surface area contributed by atoms with Gasteiger partial charge in [0.1, 0.15) is 5.75 Å². The molecule has 0 aliphatic carbocycles. The summed E-state index contributed by atoms with van der Waals surface area (Å²) in [6.07, 6.45) is 2.63. The van der Waals surface area contributed by atoms with Crippen LogP contribution < -0.4 is 9.64 Å². The molecule has 0 aromatic heterocycles. The van der Waals surface area contributed by atoms with Crippen LogP contribution in [-0.2, 0) is 0 Å². The van der Waals surface area contributed by atoms with Crippen molar-refractivity contribution in [2.24, 2.45) is 0 Å². The van der Waals surface area contributed by atoms with E-state index in [1.807, 2.05) is 0 Å². The van der Waals surface area contributed by atoms with Gasteiger partial charge < -0.3 is 9.64 Å². The molecule has 1 aliphatic rings. The van der Waals surface area contributed by atoms with E-state index in [9.17, 15) is 0 Å². The predicted molar refractivity (Wildman–Crippen MR) is 68.5 cm³/mol. The minimum atomic E-state index is 0.516. The fourth-order valence-electron chi connectivity index (χ4n) is 2.35. The summed E-state index contributed by atoms with van der Waals surface area (Å²) in [5.74, 6) is 1.54. The molecule has 0 unspecified atom stereocenters. The smallest absolute Gasteiger partial charge is 0.124 e.